The molecule has 3 rings (SSSR count). The molecule has 4 heteroatoms. The molecule has 0 radical (unpaired) electrons. The maximum absolute atomic E-state index is 12.4. The second kappa shape index (κ2) is 6.06. The number of rotatable bonds is 3. The summed E-state index contributed by atoms with van der Waals surface area (Å²) >= 11 is 0. The number of carbonyl (C=O) groups is 1. The molecule has 0 aromatic heterocycles. The summed E-state index contributed by atoms with van der Waals surface area (Å²) in [5.41, 5.74) is 2.64. The first-order chi connectivity index (χ1) is 10.1. The van der Waals surface area contributed by atoms with Crippen molar-refractivity contribution in [3.05, 3.63) is 35.4 Å². The molecular weight excluding hydrogens is 264 g/mol. The lowest BCUT2D eigenvalue weighted by atomic mass is 10.1. The van der Waals surface area contributed by atoms with E-state index in [1.54, 1.807) is 0 Å². The van der Waals surface area contributed by atoms with Crippen LogP contribution in [0.15, 0.2) is 24.3 Å². The first-order valence-electron chi connectivity index (χ1n) is 7.92. The zero-order valence-corrected chi connectivity index (χ0v) is 12.8. The van der Waals surface area contributed by atoms with Gasteiger partial charge in [-0.1, -0.05) is 24.3 Å². The van der Waals surface area contributed by atoms with E-state index in [1.165, 1.54) is 11.1 Å². The summed E-state index contributed by atoms with van der Waals surface area (Å²) in [6, 6.07) is 8.61. The van der Waals surface area contributed by atoms with Crippen molar-refractivity contribution in [3.63, 3.8) is 0 Å². The number of nitrogens with zero attached hydrogens (tertiary/aromatic N) is 1. The van der Waals surface area contributed by atoms with Crippen LogP contribution in [-0.4, -0.2) is 36.2 Å². The third-order valence-electron chi connectivity index (χ3n) is 4.33. The van der Waals surface area contributed by atoms with Crippen molar-refractivity contribution in [1.29, 1.82) is 0 Å². The number of carbonyl (C=O) groups excluding carboxylic acids is 1. The summed E-state index contributed by atoms with van der Waals surface area (Å²) in [7, 11) is 0. The normalized spacial score (nSPS) is 24.4. The fourth-order valence-corrected chi connectivity index (χ4v) is 3.36. The molecule has 1 saturated heterocycles. The van der Waals surface area contributed by atoms with E-state index in [1.807, 2.05) is 24.8 Å². The number of nitrogens with one attached hydrogen (secondary N) is 1. The predicted molar refractivity (Wildman–Crippen MR) is 82.2 cm³/mol. The molecule has 1 heterocycles. The van der Waals surface area contributed by atoms with Gasteiger partial charge in [-0.25, -0.2) is 4.79 Å². The van der Waals surface area contributed by atoms with Crippen molar-refractivity contribution < 1.29 is 9.53 Å². The fraction of sp³-hybridized carbons (Fsp3) is 0.588. The number of benzene rings is 1. The van der Waals surface area contributed by atoms with E-state index in [2.05, 4.69) is 23.5 Å². The van der Waals surface area contributed by atoms with E-state index in [0.29, 0.717) is 6.54 Å². The number of hydrogen-bond donors (Lipinski definition) is 1. The van der Waals surface area contributed by atoms with Crippen LogP contribution < -0.4 is 5.32 Å². The topological polar surface area (TPSA) is 41.6 Å². The van der Waals surface area contributed by atoms with Gasteiger partial charge in [0.2, 0.25) is 0 Å². The lowest BCUT2D eigenvalue weighted by Gasteiger charge is -2.21. The number of aryl methyl sites for hydroxylation is 1. The van der Waals surface area contributed by atoms with Crippen LogP contribution in [0.1, 0.15) is 43.9 Å². The molecule has 2 atom stereocenters. The van der Waals surface area contributed by atoms with Gasteiger partial charge in [-0.05, 0) is 44.2 Å². The van der Waals surface area contributed by atoms with E-state index in [4.69, 9.17) is 4.74 Å². The summed E-state index contributed by atoms with van der Waals surface area (Å²) in [5, 5.41) is 3.18. The Morgan fingerprint density at radius 2 is 2.14 bits per heavy atom. The van der Waals surface area contributed by atoms with Gasteiger partial charge in [0.1, 0.15) is 0 Å². The monoisotopic (exact) mass is 288 g/mol. The molecule has 114 valence electrons. The first kappa shape index (κ1) is 14.4. The maximum Gasteiger partial charge on any atom is 0.317 e. The number of ether oxygens (including phenoxy) is 1. The third kappa shape index (κ3) is 3.21. The Bertz CT molecular complexity index is 515. The van der Waals surface area contributed by atoms with Crippen LogP contribution in [0.5, 0.6) is 0 Å². The van der Waals surface area contributed by atoms with Gasteiger partial charge in [0.15, 0.2) is 0 Å². The lowest BCUT2D eigenvalue weighted by Crippen LogP contribution is -2.40. The molecule has 0 bridgehead atoms. The quantitative estimate of drug-likeness (QED) is 0.929. The van der Waals surface area contributed by atoms with Gasteiger partial charge >= 0.3 is 6.03 Å². The predicted octanol–water partition coefficient (Wildman–Crippen LogP) is 2.88. The van der Waals surface area contributed by atoms with Crippen LogP contribution >= 0.6 is 0 Å². The van der Waals surface area contributed by atoms with Crippen LogP contribution in [0.25, 0.3) is 0 Å². The van der Waals surface area contributed by atoms with Crippen molar-refractivity contribution in [3.8, 4) is 0 Å². The Morgan fingerprint density at radius 1 is 1.33 bits per heavy atom. The standard InChI is InChI=1S/C17H24N2O2/c1-12(2)21-14-9-10-19(11-14)17(20)18-16-8-7-13-5-3-4-6-15(13)16/h3-6,12,14,16H,7-11H2,1-2H3,(H,18,20)/t14-,16-/m1/s1. The molecule has 1 aliphatic heterocycles. The van der Waals surface area contributed by atoms with Crippen molar-refractivity contribution in [2.75, 3.05) is 13.1 Å². The molecular formula is C17H24N2O2. The van der Waals surface area contributed by atoms with Gasteiger partial charge in [0.25, 0.3) is 0 Å². The molecule has 0 unspecified atom stereocenters. The minimum Gasteiger partial charge on any atom is -0.374 e. The summed E-state index contributed by atoms with van der Waals surface area (Å²) in [6.45, 7) is 5.58. The average molecular weight is 288 g/mol. The van der Waals surface area contributed by atoms with E-state index in [0.717, 1.165) is 25.8 Å². The minimum absolute atomic E-state index is 0.0477. The van der Waals surface area contributed by atoms with Crippen LogP contribution in [-0.2, 0) is 11.2 Å². The van der Waals surface area contributed by atoms with Gasteiger partial charge in [-0.15, -0.1) is 0 Å². The molecule has 1 fully saturated rings. The number of likely N-dealkylation sites (tertiary alicyclic amines) is 1. The van der Waals surface area contributed by atoms with Gasteiger partial charge in [-0.2, -0.15) is 0 Å². The molecule has 21 heavy (non-hydrogen) atoms. The zero-order valence-electron chi connectivity index (χ0n) is 12.8. The molecule has 2 amide bonds. The van der Waals surface area contributed by atoms with E-state index in [9.17, 15) is 4.79 Å². The summed E-state index contributed by atoms with van der Waals surface area (Å²) in [5.74, 6) is 0. The van der Waals surface area contributed by atoms with E-state index >= 15 is 0 Å². The van der Waals surface area contributed by atoms with Crippen molar-refractivity contribution in [1.82, 2.24) is 10.2 Å². The molecule has 0 spiro atoms. The van der Waals surface area contributed by atoms with Crippen LogP contribution in [0.2, 0.25) is 0 Å². The van der Waals surface area contributed by atoms with Crippen LogP contribution in [0.4, 0.5) is 4.79 Å². The van der Waals surface area contributed by atoms with Crippen LogP contribution in [0.3, 0.4) is 0 Å². The molecule has 1 N–H and O–H groups in total. The largest absolute Gasteiger partial charge is 0.374 e. The highest BCUT2D eigenvalue weighted by Gasteiger charge is 2.30. The maximum atomic E-state index is 12.4. The Morgan fingerprint density at radius 3 is 2.95 bits per heavy atom. The van der Waals surface area contributed by atoms with Gasteiger partial charge in [-0.3, -0.25) is 0 Å². The summed E-state index contributed by atoms with van der Waals surface area (Å²) in [4.78, 5) is 14.3. The highest BCUT2D eigenvalue weighted by atomic mass is 16.5. The Kier molecular flexibility index (Phi) is 4.15. The minimum atomic E-state index is 0.0477. The fourth-order valence-electron chi connectivity index (χ4n) is 3.36. The van der Waals surface area contributed by atoms with Gasteiger partial charge in [0.05, 0.1) is 18.2 Å². The second-order valence-corrected chi connectivity index (χ2v) is 6.28. The van der Waals surface area contributed by atoms with Crippen LogP contribution in [0, 0.1) is 0 Å². The Labute approximate surface area is 126 Å². The highest BCUT2D eigenvalue weighted by Crippen LogP contribution is 2.31. The van der Waals surface area contributed by atoms with Crippen molar-refractivity contribution >= 4 is 6.03 Å². The second-order valence-electron chi connectivity index (χ2n) is 6.28. The smallest absolute Gasteiger partial charge is 0.317 e. The Hall–Kier alpha value is -1.55. The van der Waals surface area contributed by atoms with Crippen molar-refractivity contribution in [2.45, 2.75) is 51.4 Å². The number of amides is 2. The molecule has 2 aliphatic rings. The SMILES string of the molecule is CC(C)O[C@@H]1CCN(C(=O)N[C@@H]2CCc3ccccc32)C1. The van der Waals surface area contributed by atoms with E-state index in [-0.39, 0.29) is 24.3 Å². The highest BCUT2D eigenvalue weighted by molar-refractivity contribution is 5.75. The first-order valence-corrected chi connectivity index (χ1v) is 7.92. The molecule has 1 aliphatic carbocycles. The zero-order chi connectivity index (χ0) is 14.8. The summed E-state index contributed by atoms with van der Waals surface area (Å²) in [6.07, 6.45) is 3.41. The number of urea groups is 1. The van der Waals surface area contributed by atoms with Crippen molar-refractivity contribution in [2.24, 2.45) is 0 Å². The van der Waals surface area contributed by atoms with Gasteiger partial charge < -0.3 is 15.0 Å². The lowest BCUT2D eigenvalue weighted by molar-refractivity contribution is 0.0157. The molecule has 4 nitrogen and oxygen atoms in total. The number of fused-ring (bicyclic) bond motifs is 1. The third-order valence-corrected chi connectivity index (χ3v) is 4.33. The van der Waals surface area contributed by atoms with E-state index < -0.39 is 0 Å². The molecule has 0 saturated carbocycles. The van der Waals surface area contributed by atoms with Gasteiger partial charge in [0, 0.05) is 13.1 Å². The molecule has 1 aromatic carbocycles. The Balaban J connectivity index is 1.56. The average Bonchev–Trinajstić information content (AvgIpc) is 3.06. The summed E-state index contributed by atoms with van der Waals surface area (Å²) < 4.78 is 5.80. The molecule has 1 aromatic rings. The number of hydrogen-bond acceptors (Lipinski definition) is 2.